The molecule has 0 aliphatic heterocycles. The molecule has 1 aliphatic rings. The molecular weight excluding hydrogens is 390 g/mol. The Morgan fingerprint density at radius 1 is 0.844 bits per heavy atom. The Morgan fingerprint density at radius 2 is 1.50 bits per heavy atom. The average molecular weight is 442 g/mol. The highest BCUT2D eigenvalue weighted by Crippen LogP contribution is 2.35. The van der Waals surface area contributed by atoms with Crippen molar-refractivity contribution in [3.8, 4) is 0 Å². The monoisotopic (exact) mass is 441 g/mol. The summed E-state index contributed by atoms with van der Waals surface area (Å²) < 4.78 is 0. The van der Waals surface area contributed by atoms with Crippen molar-refractivity contribution < 1.29 is 4.79 Å². The summed E-state index contributed by atoms with van der Waals surface area (Å²) in [4.78, 5) is 13.7. The summed E-state index contributed by atoms with van der Waals surface area (Å²) in [5.74, 6) is 0.650. The minimum atomic E-state index is 0.650. The zero-order chi connectivity index (χ0) is 23.1. The Hall–Kier alpha value is -1.40. The average Bonchev–Trinajstić information content (AvgIpc) is 2.81. The van der Waals surface area contributed by atoms with Gasteiger partial charge in [0.15, 0.2) is 0 Å². The number of rotatable bonds is 20. The van der Waals surface area contributed by atoms with Gasteiger partial charge in [0.2, 0.25) is 6.08 Å². The molecule has 2 nitrogen and oxygen atoms in total. The van der Waals surface area contributed by atoms with Crippen molar-refractivity contribution in [2.75, 3.05) is 6.54 Å². The van der Waals surface area contributed by atoms with E-state index in [4.69, 9.17) is 0 Å². The standard InChI is InChI=1S/C30H51NO/c1-3-5-7-12-16-21-28-23-20-24-29(30(28)25-18-13-8-6-4-2)22-17-14-10-9-11-15-19-26-31-27-32/h16,18,21,25,28H,3-15,17,19-20,22-24,26H2,1-2H3. The topological polar surface area (TPSA) is 29.4 Å². The van der Waals surface area contributed by atoms with Crippen LogP contribution in [0.3, 0.4) is 0 Å². The van der Waals surface area contributed by atoms with Crippen molar-refractivity contribution in [2.24, 2.45) is 10.9 Å². The molecule has 0 spiro atoms. The lowest BCUT2D eigenvalue weighted by Gasteiger charge is -2.25. The first kappa shape index (κ1) is 28.6. The third-order valence-electron chi connectivity index (χ3n) is 6.73. The second kappa shape index (κ2) is 21.4. The fraction of sp³-hybridized carbons (Fsp3) is 0.767. The van der Waals surface area contributed by atoms with Crippen LogP contribution in [0.1, 0.15) is 136 Å². The molecule has 0 heterocycles. The van der Waals surface area contributed by atoms with Crippen molar-refractivity contribution in [2.45, 2.75) is 136 Å². The zero-order valence-corrected chi connectivity index (χ0v) is 21.4. The van der Waals surface area contributed by atoms with Crippen molar-refractivity contribution >= 4 is 6.08 Å². The molecule has 1 atom stereocenters. The molecular formula is C30H51NO. The second-order valence-electron chi connectivity index (χ2n) is 9.58. The molecule has 0 saturated carbocycles. The number of isocyanates is 1. The predicted molar refractivity (Wildman–Crippen MR) is 141 cm³/mol. The van der Waals surface area contributed by atoms with E-state index in [1.54, 1.807) is 17.2 Å². The summed E-state index contributed by atoms with van der Waals surface area (Å²) in [6.07, 6.45) is 36.2. The lowest BCUT2D eigenvalue weighted by Crippen LogP contribution is -2.09. The Balaban J connectivity index is 2.51. The molecule has 182 valence electrons. The SMILES string of the molecule is CCCCCC=CC1=C(CCCCCCCCCN=C=O)CCCC1C=CCCCCC. The van der Waals surface area contributed by atoms with Crippen LogP contribution in [0.5, 0.6) is 0 Å². The van der Waals surface area contributed by atoms with E-state index in [0.29, 0.717) is 12.5 Å². The summed E-state index contributed by atoms with van der Waals surface area (Å²) in [5, 5.41) is 0. The van der Waals surface area contributed by atoms with Gasteiger partial charge in [0, 0.05) is 5.92 Å². The van der Waals surface area contributed by atoms with Gasteiger partial charge in [-0.1, -0.05) is 102 Å². The molecule has 0 aromatic rings. The smallest absolute Gasteiger partial charge is 0.211 e. The molecule has 2 heteroatoms. The zero-order valence-electron chi connectivity index (χ0n) is 21.4. The molecule has 1 aliphatic carbocycles. The van der Waals surface area contributed by atoms with Crippen LogP contribution in [-0.4, -0.2) is 12.6 Å². The van der Waals surface area contributed by atoms with Crippen LogP contribution in [0.4, 0.5) is 0 Å². The molecule has 0 radical (unpaired) electrons. The first-order chi connectivity index (χ1) is 15.8. The highest BCUT2D eigenvalue weighted by atomic mass is 16.1. The third kappa shape index (κ3) is 14.6. The van der Waals surface area contributed by atoms with Crippen molar-refractivity contribution in [3.05, 3.63) is 35.5 Å². The van der Waals surface area contributed by atoms with E-state index in [1.807, 2.05) is 0 Å². The van der Waals surface area contributed by atoms with Crippen molar-refractivity contribution in [1.29, 1.82) is 0 Å². The van der Waals surface area contributed by atoms with Gasteiger partial charge in [0.1, 0.15) is 0 Å². The predicted octanol–water partition coefficient (Wildman–Crippen LogP) is 9.81. The number of nitrogens with zero attached hydrogens (tertiary/aromatic N) is 1. The van der Waals surface area contributed by atoms with Gasteiger partial charge in [-0.25, -0.2) is 9.79 Å². The van der Waals surface area contributed by atoms with E-state index < -0.39 is 0 Å². The highest BCUT2D eigenvalue weighted by Gasteiger charge is 2.18. The fourth-order valence-corrected chi connectivity index (χ4v) is 4.76. The van der Waals surface area contributed by atoms with Gasteiger partial charge in [-0.3, -0.25) is 0 Å². The van der Waals surface area contributed by atoms with E-state index in [2.05, 4.69) is 43.1 Å². The number of carbonyl (C=O) groups excluding carboxylic acids is 1. The maximum absolute atomic E-state index is 10.1. The van der Waals surface area contributed by atoms with Gasteiger partial charge in [0.25, 0.3) is 0 Å². The van der Waals surface area contributed by atoms with E-state index >= 15 is 0 Å². The summed E-state index contributed by atoms with van der Waals surface area (Å²) in [6.45, 7) is 5.22. The van der Waals surface area contributed by atoms with Gasteiger partial charge in [-0.2, -0.15) is 0 Å². The van der Waals surface area contributed by atoms with E-state index in [9.17, 15) is 4.79 Å². The summed E-state index contributed by atoms with van der Waals surface area (Å²) in [7, 11) is 0. The Labute approximate surface area is 199 Å². The van der Waals surface area contributed by atoms with Gasteiger partial charge < -0.3 is 0 Å². The van der Waals surface area contributed by atoms with Crippen LogP contribution in [0.2, 0.25) is 0 Å². The molecule has 0 bridgehead atoms. The largest absolute Gasteiger partial charge is 0.234 e. The third-order valence-corrected chi connectivity index (χ3v) is 6.73. The van der Waals surface area contributed by atoms with Gasteiger partial charge in [-0.15, -0.1) is 0 Å². The molecule has 1 rings (SSSR count). The van der Waals surface area contributed by atoms with Gasteiger partial charge in [-0.05, 0) is 69.8 Å². The minimum absolute atomic E-state index is 0.650. The number of unbranched alkanes of at least 4 members (excludes halogenated alkanes) is 12. The normalized spacial score (nSPS) is 16.9. The van der Waals surface area contributed by atoms with Crippen LogP contribution < -0.4 is 0 Å². The fourth-order valence-electron chi connectivity index (χ4n) is 4.76. The lowest BCUT2D eigenvalue weighted by molar-refractivity contribution is 0.545. The highest BCUT2D eigenvalue weighted by molar-refractivity contribution is 5.33. The molecule has 0 N–H and O–H groups in total. The molecule has 0 aromatic heterocycles. The van der Waals surface area contributed by atoms with Crippen LogP contribution in [0.15, 0.2) is 40.4 Å². The number of hydrogen-bond donors (Lipinski definition) is 0. The van der Waals surface area contributed by atoms with Gasteiger partial charge in [0.05, 0.1) is 6.54 Å². The van der Waals surface area contributed by atoms with Crippen LogP contribution in [-0.2, 0) is 4.79 Å². The molecule has 1 unspecified atom stereocenters. The number of hydrogen-bond acceptors (Lipinski definition) is 2. The maximum Gasteiger partial charge on any atom is 0.234 e. The Morgan fingerprint density at radius 3 is 2.19 bits per heavy atom. The lowest BCUT2D eigenvalue weighted by atomic mass is 9.80. The number of aliphatic imine (C=N–C) groups is 1. The first-order valence-electron chi connectivity index (χ1n) is 13.9. The molecule has 0 amide bonds. The quantitative estimate of drug-likeness (QED) is 0.0799. The molecule has 32 heavy (non-hydrogen) atoms. The van der Waals surface area contributed by atoms with Crippen molar-refractivity contribution in [1.82, 2.24) is 0 Å². The van der Waals surface area contributed by atoms with Crippen LogP contribution in [0, 0.1) is 5.92 Å². The molecule has 0 fully saturated rings. The second-order valence-corrected chi connectivity index (χ2v) is 9.58. The minimum Gasteiger partial charge on any atom is -0.211 e. The van der Waals surface area contributed by atoms with Gasteiger partial charge >= 0.3 is 0 Å². The van der Waals surface area contributed by atoms with Crippen molar-refractivity contribution in [3.63, 3.8) is 0 Å². The van der Waals surface area contributed by atoms with E-state index in [-0.39, 0.29) is 0 Å². The Kier molecular flexibility index (Phi) is 19.2. The Bertz CT molecular complexity index is 580. The summed E-state index contributed by atoms with van der Waals surface area (Å²) in [5.41, 5.74) is 3.41. The summed E-state index contributed by atoms with van der Waals surface area (Å²) in [6, 6.07) is 0. The molecule has 0 saturated heterocycles. The van der Waals surface area contributed by atoms with Crippen LogP contribution >= 0.6 is 0 Å². The molecule has 0 aromatic carbocycles. The summed E-state index contributed by atoms with van der Waals surface area (Å²) >= 11 is 0. The van der Waals surface area contributed by atoms with Crippen LogP contribution in [0.25, 0.3) is 0 Å². The number of allylic oxidation sites excluding steroid dienone is 6. The first-order valence-corrected chi connectivity index (χ1v) is 13.9. The van der Waals surface area contributed by atoms with E-state index in [1.165, 1.54) is 116 Å². The maximum atomic E-state index is 10.1. The van der Waals surface area contributed by atoms with E-state index in [0.717, 1.165) is 6.42 Å².